The van der Waals surface area contributed by atoms with Crippen LogP contribution in [-0.2, 0) is 16.1 Å². The highest BCUT2D eigenvalue weighted by molar-refractivity contribution is 5.99. The van der Waals surface area contributed by atoms with Crippen molar-refractivity contribution in [3.05, 3.63) is 30.1 Å². The minimum atomic E-state index is -0.847. The number of carbonyl (C=O) groups excluding carboxylic acids is 2. The first-order valence-corrected chi connectivity index (χ1v) is 7.33. The molecule has 1 atom stereocenters. The van der Waals surface area contributed by atoms with Crippen LogP contribution in [0.2, 0.25) is 0 Å². The summed E-state index contributed by atoms with van der Waals surface area (Å²) in [7, 11) is 0. The van der Waals surface area contributed by atoms with Gasteiger partial charge in [-0.05, 0) is 37.8 Å². The highest BCUT2D eigenvalue weighted by Crippen LogP contribution is 2.25. The van der Waals surface area contributed by atoms with Crippen molar-refractivity contribution in [2.24, 2.45) is 5.92 Å². The molecule has 1 aliphatic heterocycles. The molecule has 1 aromatic heterocycles. The zero-order valence-electron chi connectivity index (χ0n) is 13.1. The van der Waals surface area contributed by atoms with E-state index in [-0.39, 0.29) is 11.8 Å². The summed E-state index contributed by atoms with van der Waals surface area (Å²) in [4.78, 5) is 30.8. The Hall–Kier alpha value is -1.91. The van der Waals surface area contributed by atoms with Crippen LogP contribution in [0.5, 0.6) is 0 Å². The molecule has 0 aromatic carbocycles. The van der Waals surface area contributed by atoms with Gasteiger partial charge in [-0.25, -0.2) is 0 Å². The summed E-state index contributed by atoms with van der Waals surface area (Å²) in [5.41, 5.74) is 0.0809. The maximum atomic E-state index is 12.7. The van der Waals surface area contributed by atoms with Gasteiger partial charge in [0, 0.05) is 18.9 Å². The third kappa shape index (κ3) is 3.23. The van der Waals surface area contributed by atoms with E-state index >= 15 is 0 Å². The Balaban J connectivity index is 2.25. The van der Waals surface area contributed by atoms with E-state index in [4.69, 9.17) is 0 Å². The van der Waals surface area contributed by atoms with Crippen LogP contribution in [0.25, 0.3) is 0 Å². The molecule has 21 heavy (non-hydrogen) atoms. The SMILES string of the molecule is CC(C)CC1NC(=O)C(C)(C)N(Cc2cccnc2)C1=O. The molecule has 0 spiro atoms. The van der Waals surface area contributed by atoms with Gasteiger partial charge in [-0.1, -0.05) is 19.9 Å². The number of hydrogen-bond acceptors (Lipinski definition) is 3. The van der Waals surface area contributed by atoms with Crippen molar-refractivity contribution in [3.8, 4) is 0 Å². The van der Waals surface area contributed by atoms with E-state index in [1.807, 2.05) is 26.0 Å². The quantitative estimate of drug-likeness (QED) is 0.918. The Labute approximate surface area is 125 Å². The highest BCUT2D eigenvalue weighted by atomic mass is 16.2. The first-order valence-electron chi connectivity index (χ1n) is 7.33. The fraction of sp³-hybridized carbons (Fsp3) is 0.562. The Bertz CT molecular complexity index is 526. The van der Waals surface area contributed by atoms with Crippen molar-refractivity contribution in [1.82, 2.24) is 15.2 Å². The van der Waals surface area contributed by atoms with Gasteiger partial charge in [0.25, 0.3) is 0 Å². The largest absolute Gasteiger partial charge is 0.342 e. The summed E-state index contributed by atoms with van der Waals surface area (Å²) < 4.78 is 0. The molecule has 2 amide bonds. The Morgan fingerprint density at radius 3 is 2.67 bits per heavy atom. The number of aromatic nitrogens is 1. The second kappa shape index (κ2) is 5.84. The lowest BCUT2D eigenvalue weighted by Gasteiger charge is -2.44. The normalized spacial score (nSPS) is 21.6. The van der Waals surface area contributed by atoms with Gasteiger partial charge < -0.3 is 10.2 Å². The van der Waals surface area contributed by atoms with Gasteiger partial charge in [0.15, 0.2) is 0 Å². The van der Waals surface area contributed by atoms with Crippen LogP contribution in [0.3, 0.4) is 0 Å². The molecule has 0 radical (unpaired) electrons. The fourth-order valence-corrected chi connectivity index (χ4v) is 2.56. The zero-order valence-corrected chi connectivity index (χ0v) is 13.1. The van der Waals surface area contributed by atoms with Gasteiger partial charge in [-0.3, -0.25) is 14.6 Å². The van der Waals surface area contributed by atoms with Crippen molar-refractivity contribution in [2.75, 3.05) is 0 Å². The molecule has 1 saturated heterocycles. The van der Waals surface area contributed by atoms with Crippen molar-refractivity contribution < 1.29 is 9.59 Å². The van der Waals surface area contributed by atoms with Gasteiger partial charge in [0.2, 0.25) is 11.8 Å². The van der Waals surface area contributed by atoms with Crippen LogP contribution in [-0.4, -0.2) is 33.3 Å². The van der Waals surface area contributed by atoms with Gasteiger partial charge in [-0.15, -0.1) is 0 Å². The van der Waals surface area contributed by atoms with Crippen LogP contribution in [0.4, 0.5) is 0 Å². The van der Waals surface area contributed by atoms with E-state index in [0.717, 1.165) is 5.56 Å². The summed E-state index contributed by atoms with van der Waals surface area (Å²) in [6.45, 7) is 8.06. The van der Waals surface area contributed by atoms with E-state index < -0.39 is 11.6 Å². The van der Waals surface area contributed by atoms with Crippen molar-refractivity contribution in [2.45, 2.75) is 52.2 Å². The number of hydrogen-bond donors (Lipinski definition) is 1. The van der Waals surface area contributed by atoms with E-state index in [0.29, 0.717) is 18.9 Å². The fourth-order valence-electron chi connectivity index (χ4n) is 2.56. The molecule has 5 heteroatoms. The number of carbonyl (C=O) groups is 2. The lowest BCUT2D eigenvalue weighted by Crippen LogP contribution is -2.68. The molecule has 1 unspecified atom stereocenters. The molecule has 5 nitrogen and oxygen atoms in total. The predicted octanol–water partition coefficient (Wildman–Crippen LogP) is 1.73. The number of pyridine rings is 1. The first-order chi connectivity index (χ1) is 9.82. The highest BCUT2D eigenvalue weighted by Gasteiger charge is 2.46. The standard InChI is InChI=1S/C16H23N3O2/c1-11(2)8-13-14(20)19(16(3,4)15(21)18-13)10-12-6-5-7-17-9-12/h5-7,9,11,13H,8,10H2,1-4H3,(H,18,21). The first kappa shape index (κ1) is 15.5. The number of amides is 2. The summed E-state index contributed by atoms with van der Waals surface area (Å²) in [5.74, 6) is 0.231. The number of nitrogens with zero attached hydrogens (tertiary/aromatic N) is 2. The van der Waals surface area contributed by atoms with E-state index in [2.05, 4.69) is 10.3 Å². The number of nitrogens with one attached hydrogen (secondary N) is 1. The number of piperazine rings is 1. The monoisotopic (exact) mass is 289 g/mol. The Morgan fingerprint density at radius 1 is 1.38 bits per heavy atom. The molecule has 114 valence electrons. The molecule has 0 aliphatic carbocycles. The van der Waals surface area contributed by atoms with Crippen molar-refractivity contribution in [3.63, 3.8) is 0 Å². The molecular formula is C16H23N3O2. The topological polar surface area (TPSA) is 62.3 Å². The smallest absolute Gasteiger partial charge is 0.246 e. The summed E-state index contributed by atoms with van der Waals surface area (Å²) in [6, 6.07) is 3.32. The molecular weight excluding hydrogens is 266 g/mol. The van der Waals surface area contributed by atoms with Crippen LogP contribution in [0.1, 0.15) is 39.7 Å². The molecule has 1 N–H and O–H groups in total. The third-order valence-corrected chi connectivity index (χ3v) is 3.87. The number of rotatable bonds is 4. The molecule has 2 rings (SSSR count). The van der Waals surface area contributed by atoms with E-state index in [1.54, 1.807) is 31.1 Å². The molecule has 0 bridgehead atoms. The van der Waals surface area contributed by atoms with Gasteiger partial charge in [-0.2, -0.15) is 0 Å². The summed E-state index contributed by atoms with van der Waals surface area (Å²) in [6.07, 6.45) is 4.08. The van der Waals surface area contributed by atoms with Crippen molar-refractivity contribution >= 4 is 11.8 Å². The van der Waals surface area contributed by atoms with Crippen LogP contribution in [0.15, 0.2) is 24.5 Å². The molecule has 1 aromatic rings. The lowest BCUT2D eigenvalue weighted by atomic mass is 9.91. The second-order valence-corrected chi connectivity index (χ2v) is 6.50. The summed E-state index contributed by atoms with van der Waals surface area (Å²) in [5, 5.41) is 2.86. The maximum Gasteiger partial charge on any atom is 0.246 e. The Kier molecular flexibility index (Phi) is 4.30. The molecule has 1 aliphatic rings. The van der Waals surface area contributed by atoms with Gasteiger partial charge in [0.1, 0.15) is 11.6 Å². The van der Waals surface area contributed by atoms with Gasteiger partial charge >= 0.3 is 0 Å². The lowest BCUT2D eigenvalue weighted by molar-refractivity contribution is -0.156. The average molecular weight is 289 g/mol. The predicted molar refractivity (Wildman–Crippen MR) is 80.3 cm³/mol. The third-order valence-electron chi connectivity index (χ3n) is 3.87. The van der Waals surface area contributed by atoms with Crippen LogP contribution < -0.4 is 5.32 Å². The van der Waals surface area contributed by atoms with Crippen LogP contribution in [0, 0.1) is 5.92 Å². The Morgan fingerprint density at radius 2 is 2.10 bits per heavy atom. The van der Waals surface area contributed by atoms with Crippen LogP contribution >= 0.6 is 0 Å². The molecule has 2 heterocycles. The molecule has 1 fully saturated rings. The zero-order chi connectivity index (χ0) is 15.6. The van der Waals surface area contributed by atoms with Crippen molar-refractivity contribution in [1.29, 1.82) is 0 Å². The second-order valence-electron chi connectivity index (χ2n) is 6.50. The minimum Gasteiger partial charge on any atom is -0.342 e. The summed E-state index contributed by atoms with van der Waals surface area (Å²) >= 11 is 0. The maximum absolute atomic E-state index is 12.7. The average Bonchev–Trinajstić information content (AvgIpc) is 2.42. The van der Waals surface area contributed by atoms with E-state index in [1.165, 1.54) is 0 Å². The van der Waals surface area contributed by atoms with Gasteiger partial charge in [0.05, 0.1) is 0 Å². The molecule has 0 saturated carbocycles. The van der Waals surface area contributed by atoms with E-state index in [9.17, 15) is 9.59 Å². The minimum absolute atomic E-state index is 0.0165.